The van der Waals surface area contributed by atoms with Crippen molar-refractivity contribution >= 4 is 10.0 Å². The Balaban J connectivity index is 1.56. The van der Waals surface area contributed by atoms with E-state index in [4.69, 9.17) is 13.9 Å². The first kappa shape index (κ1) is 17.4. The van der Waals surface area contributed by atoms with Gasteiger partial charge in [-0.1, -0.05) is 13.8 Å². The van der Waals surface area contributed by atoms with E-state index in [1.807, 2.05) is 13.8 Å². The van der Waals surface area contributed by atoms with Gasteiger partial charge in [-0.25, -0.2) is 8.42 Å². The molecule has 2 aliphatic rings. The Labute approximate surface area is 152 Å². The van der Waals surface area contributed by atoms with Gasteiger partial charge in [-0.3, -0.25) is 0 Å². The Hall–Kier alpha value is -1.97. The van der Waals surface area contributed by atoms with Gasteiger partial charge in [0, 0.05) is 25.4 Å². The Kier molecular flexibility index (Phi) is 4.45. The molecule has 9 heteroatoms. The summed E-state index contributed by atoms with van der Waals surface area (Å²) in [6, 6.07) is 5.01. The van der Waals surface area contributed by atoms with Crippen LogP contribution in [0, 0.1) is 0 Å². The SMILES string of the molecule is CC(C)c1nnc([C@H]2CN(S(=O)(=O)c3ccc4c(c3)CCO4)CCO2)o1. The van der Waals surface area contributed by atoms with Gasteiger partial charge < -0.3 is 13.9 Å². The molecule has 1 aromatic carbocycles. The molecule has 140 valence electrons. The Morgan fingerprint density at radius 1 is 1.23 bits per heavy atom. The third kappa shape index (κ3) is 3.10. The maximum atomic E-state index is 13.0. The summed E-state index contributed by atoms with van der Waals surface area (Å²) >= 11 is 0. The summed E-state index contributed by atoms with van der Waals surface area (Å²) in [5.74, 6) is 1.70. The van der Waals surface area contributed by atoms with Crippen LogP contribution in [0.3, 0.4) is 0 Å². The maximum Gasteiger partial charge on any atom is 0.246 e. The second-order valence-electron chi connectivity index (χ2n) is 6.72. The molecule has 4 rings (SSSR count). The van der Waals surface area contributed by atoms with Crippen molar-refractivity contribution in [2.75, 3.05) is 26.3 Å². The summed E-state index contributed by atoms with van der Waals surface area (Å²) in [6.07, 6.45) is 0.168. The number of rotatable bonds is 4. The number of sulfonamides is 1. The topological polar surface area (TPSA) is 94.8 Å². The van der Waals surface area contributed by atoms with Crippen LogP contribution in [0.1, 0.15) is 43.2 Å². The van der Waals surface area contributed by atoms with Gasteiger partial charge in [0.05, 0.1) is 18.1 Å². The zero-order valence-corrected chi connectivity index (χ0v) is 15.5. The molecule has 1 saturated heterocycles. The fourth-order valence-corrected chi connectivity index (χ4v) is 4.55. The first-order valence-corrected chi connectivity index (χ1v) is 10.1. The third-order valence-electron chi connectivity index (χ3n) is 4.55. The molecule has 3 heterocycles. The van der Waals surface area contributed by atoms with Crippen LogP contribution in [0.5, 0.6) is 5.75 Å². The second kappa shape index (κ2) is 6.64. The standard InChI is InChI=1S/C17H21N3O5S/c1-11(2)16-18-19-17(25-16)15-10-20(6-8-24-15)26(21,22)13-3-4-14-12(9-13)5-7-23-14/h3-4,9,11,15H,5-8,10H2,1-2H3/t15-/m1/s1. The Bertz CT molecular complexity index is 909. The van der Waals surface area contributed by atoms with E-state index in [9.17, 15) is 8.42 Å². The summed E-state index contributed by atoms with van der Waals surface area (Å²) in [5, 5.41) is 8.01. The molecule has 0 amide bonds. The van der Waals surface area contributed by atoms with E-state index in [2.05, 4.69) is 10.2 Å². The van der Waals surface area contributed by atoms with Crippen LogP contribution in [0.4, 0.5) is 0 Å². The van der Waals surface area contributed by atoms with Crippen molar-refractivity contribution in [3.63, 3.8) is 0 Å². The highest BCUT2D eigenvalue weighted by atomic mass is 32.2. The molecule has 0 saturated carbocycles. The second-order valence-corrected chi connectivity index (χ2v) is 8.66. The fraction of sp³-hybridized carbons (Fsp3) is 0.529. The predicted octanol–water partition coefficient (Wildman–Crippen LogP) is 1.89. The minimum atomic E-state index is -3.63. The van der Waals surface area contributed by atoms with Crippen LogP contribution < -0.4 is 4.74 Å². The lowest BCUT2D eigenvalue weighted by molar-refractivity contribution is -0.0179. The number of hydrogen-bond donors (Lipinski definition) is 0. The van der Waals surface area contributed by atoms with Crippen molar-refractivity contribution in [3.05, 3.63) is 35.5 Å². The number of ether oxygens (including phenoxy) is 2. The van der Waals surface area contributed by atoms with Crippen LogP contribution in [-0.2, 0) is 21.2 Å². The molecule has 0 spiro atoms. The van der Waals surface area contributed by atoms with Crippen LogP contribution in [0.15, 0.2) is 27.5 Å². The van der Waals surface area contributed by atoms with Crippen molar-refractivity contribution in [2.45, 2.75) is 37.2 Å². The van der Waals surface area contributed by atoms with E-state index in [0.29, 0.717) is 18.4 Å². The molecule has 0 unspecified atom stereocenters. The molecule has 26 heavy (non-hydrogen) atoms. The van der Waals surface area contributed by atoms with Gasteiger partial charge in [-0.15, -0.1) is 10.2 Å². The number of benzene rings is 1. The average Bonchev–Trinajstić information content (AvgIpc) is 3.30. The lowest BCUT2D eigenvalue weighted by Gasteiger charge is -2.30. The fourth-order valence-electron chi connectivity index (χ4n) is 3.08. The van der Waals surface area contributed by atoms with Crippen molar-refractivity contribution < 1.29 is 22.3 Å². The molecule has 0 aliphatic carbocycles. The Morgan fingerprint density at radius 3 is 2.85 bits per heavy atom. The molecular weight excluding hydrogens is 358 g/mol. The lowest BCUT2D eigenvalue weighted by Crippen LogP contribution is -2.42. The van der Waals surface area contributed by atoms with E-state index >= 15 is 0 Å². The minimum absolute atomic E-state index is 0.105. The lowest BCUT2D eigenvalue weighted by atomic mass is 10.2. The predicted molar refractivity (Wildman–Crippen MR) is 91.5 cm³/mol. The number of aromatic nitrogens is 2. The van der Waals surface area contributed by atoms with Crippen LogP contribution in [-0.4, -0.2) is 49.2 Å². The van der Waals surface area contributed by atoms with Crippen LogP contribution >= 0.6 is 0 Å². The third-order valence-corrected chi connectivity index (χ3v) is 6.41. The van der Waals surface area contributed by atoms with E-state index in [-0.39, 0.29) is 30.5 Å². The van der Waals surface area contributed by atoms with Gasteiger partial charge in [-0.05, 0) is 23.8 Å². The van der Waals surface area contributed by atoms with Crippen molar-refractivity contribution in [1.29, 1.82) is 0 Å². The summed E-state index contributed by atoms with van der Waals surface area (Å²) < 4.78 is 44.2. The van der Waals surface area contributed by atoms with Gasteiger partial charge in [0.2, 0.25) is 21.8 Å². The Morgan fingerprint density at radius 2 is 2.08 bits per heavy atom. The van der Waals surface area contributed by atoms with E-state index < -0.39 is 16.1 Å². The molecule has 2 aliphatic heterocycles. The highest BCUT2D eigenvalue weighted by molar-refractivity contribution is 7.89. The minimum Gasteiger partial charge on any atom is -0.493 e. The highest BCUT2D eigenvalue weighted by Gasteiger charge is 2.34. The van der Waals surface area contributed by atoms with E-state index in [1.54, 1.807) is 18.2 Å². The first-order chi connectivity index (χ1) is 12.4. The molecule has 0 radical (unpaired) electrons. The zero-order valence-electron chi connectivity index (χ0n) is 14.7. The highest BCUT2D eigenvalue weighted by Crippen LogP contribution is 2.31. The molecule has 8 nitrogen and oxygen atoms in total. The van der Waals surface area contributed by atoms with Gasteiger partial charge in [0.25, 0.3) is 0 Å². The molecule has 1 aromatic heterocycles. The number of hydrogen-bond acceptors (Lipinski definition) is 7. The van der Waals surface area contributed by atoms with Gasteiger partial charge in [0.15, 0.2) is 0 Å². The first-order valence-electron chi connectivity index (χ1n) is 8.66. The van der Waals surface area contributed by atoms with Crippen molar-refractivity contribution in [2.24, 2.45) is 0 Å². The number of fused-ring (bicyclic) bond motifs is 1. The molecule has 0 bridgehead atoms. The zero-order chi connectivity index (χ0) is 18.3. The summed E-state index contributed by atoms with van der Waals surface area (Å²) in [7, 11) is -3.63. The summed E-state index contributed by atoms with van der Waals surface area (Å²) in [4.78, 5) is 0.274. The summed E-state index contributed by atoms with van der Waals surface area (Å²) in [6.45, 7) is 5.21. The van der Waals surface area contributed by atoms with Gasteiger partial charge >= 0.3 is 0 Å². The molecule has 1 atom stereocenters. The number of morpholine rings is 1. The largest absolute Gasteiger partial charge is 0.493 e. The average molecular weight is 379 g/mol. The quantitative estimate of drug-likeness (QED) is 0.800. The van der Waals surface area contributed by atoms with Gasteiger partial charge in [-0.2, -0.15) is 4.31 Å². The smallest absolute Gasteiger partial charge is 0.246 e. The molecule has 1 fully saturated rings. The van der Waals surface area contributed by atoms with Crippen LogP contribution in [0.25, 0.3) is 0 Å². The molecule has 0 N–H and O–H groups in total. The number of nitrogens with zero attached hydrogens (tertiary/aromatic N) is 3. The van der Waals surface area contributed by atoms with Crippen LogP contribution in [0.2, 0.25) is 0 Å². The normalized spacial score (nSPS) is 21.0. The van der Waals surface area contributed by atoms with E-state index in [0.717, 1.165) is 17.7 Å². The van der Waals surface area contributed by atoms with Gasteiger partial charge in [0.1, 0.15) is 11.9 Å². The maximum absolute atomic E-state index is 13.0. The van der Waals surface area contributed by atoms with Crippen molar-refractivity contribution in [3.8, 4) is 5.75 Å². The molecular formula is C17H21N3O5S. The molecule has 2 aromatic rings. The monoisotopic (exact) mass is 379 g/mol. The summed E-state index contributed by atoms with van der Waals surface area (Å²) in [5.41, 5.74) is 0.925. The van der Waals surface area contributed by atoms with Crippen molar-refractivity contribution in [1.82, 2.24) is 14.5 Å². The van der Waals surface area contributed by atoms with E-state index in [1.165, 1.54) is 4.31 Å².